The van der Waals surface area contributed by atoms with Gasteiger partial charge in [-0.15, -0.1) is 0 Å². The number of rotatable bonds is 6. The summed E-state index contributed by atoms with van der Waals surface area (Å²) in [5.74, 6) is -0.115. The summed E-state index contributed by atoms with van der Waals surface area (Å²) in [5, 5.41) is 0. The first-order valence-corrected chi connectivity index (χ1v) is 4.47. The van der Waals surface area contributed by atoms with E-state index in [9.17, 15) is 4.79 Å². The lowest BCUT2D eigenvalue weighted by atomic mass is 10.4. The van der Waals surface area contributed by atoms with Gasteiger partial charge in [-0.3, -0.25) is 4.79 Å². The average Bonchev–Trinajstić information content (AvgIpc) is 2.00. The zero-order valence-electron chi connectivity index (χ0n) is 9.04. The number of hydrogen-bond donors (Lipinski definition) is 0. The number of ether oxygens (including phenoxy) is 1. The maximum absolute atomic E-state index is 11.1. The van der Waals surface area contributed by atoms with Gasteiger partial charge in [-0.2, -0.15) is 0 Å². The molecule has 0 aliphatic carbocycles. The average molecular weight is 188 g/mol. The quantitative estimate of drug-likeness (QED) is 0.551. The summed E-state index contributed by atoms with van der Waals surface area (Å²) in [6.45, 7) is 2.02. The summed E-state index contributed by atoms with van der Waals surface area (Å²) in [5.41, 5.74) is 0. The van der Waals surface area contributed by atoms with Crippen molar-refractivity contribution in [2.24, 2.45) is 0 Å². The molecule has 0 aliphatic rings. The van der Waals surface area contributed by atoms with Crippen molar-refractivity contribution in [1.82, 2.24) is 9.80 Å². The fraction of sp³-hybridized carbons (Fsp3) is 0.889. The molecule has 4 heteroatoms. The van der Waals surface area contributed by atoms with Crippen LogP contribution in [-0.2, 0) is 9.53 Å². The van der Waals surface area contributed by atoms with Crippen molar-refractivity contribution in [3.63, 3.8) is 0 Å². The fourth-order valence-electron chi connectivity index (χ4n) is 0.729. The Labute approximate surface area is 80.5 Å². The molecule has 0 aromatic heterocycles. The van der Waals surface area contributed by atoms with Crippen LogP contribution in [0.5, 0.6) is 0 Å². The van der Waals surface area contributed by atoms with Crippen LogP contribution in [-0.4, -0.2) is 63.7 Å². The summed E-state index contributed by atoms with van der Waals surface area (Å²) in [7, 11) is 7.78. The maximum atomic E-state index is 11.1. The van der Waals surface area contributed by atoms with E-state index in [1.165, 1.54) is 0 Å². The maximum Gasteiger partial charge on any atom is 0.307 e. The highest BCUT2D eigenvalue weighted by atomic mass is 16.5. The van der Waals surface area contributed by atoms with Gasteiger partial charge in [0.1, 0.15) is 6.61 Å². The summed E-state index contributed by atoms with van der Waals surface area (Å²) < 4.78 is 5.00. The van der Waals surface area contributed by atoms with E-state index < -0.39 is 0 Å². The summed E-state index contributed by atoms with van der Waals surface area (Å²) >= 11 is 0. The van der Waals surface area contributed by atoms with Crippen LogP contribution in [0.15, 0.2) is 0 Å². The van der Waals surface area contributed by atoms with Crippen molar-refractivity contribution >= 4 is 5.97 Å². The molecule has 78 valence electrons. The third-order valence-electron chi connectivity index (χ3n) is 1.56. The van der Waals surface area contributed by atoms with E-state index in [0.717, 1.165) is 13.1 Å². The number of carbonyl (C=O) groups is 1. The second kappa shape index (κ2) is 6.86. The number of hydrogen-bond acceptors (Lipinski definition) is 4. The lowest BCUT2D eigenvalue weighted by Crippen LogP contribution is -2.22. The van der Waals surface area contributed by atoms with E-state index >= 15 is 0 Å². The molecule has 0 amide bonds. The molecule has 0 atom stereocenters. The lowest BCUT2D eigenvalue weighted by molar-refractivity contribution is -0.144. The normalized spacial score (nSPS) is 10.9. The van der Waals surface area contributed by atoms with Gasteiger partial charge in [-0.1, -0.05) is 0 Å². The van der Waals surface area contributed by atoms with Crippen LogP contribution in [0.25, 0.3) is 0 Å². The van der Waals surface area contributed by atoms with E-state index in [-0.39, 0.29) is 5.97 Å². The van der Waals surface area contributed by atoms with Crippen molar-refractivity contribution in [3.8, 4) is 0 Å². The SMILES string of the molecule is CN(C)CCOC(=O)CCN(C)C. The molecule has 0 bridgehead atoms. The molecular formula is C9H20N2O2. The Morgan fingerprint density at radius 3 is 2.08 bits per heavy atom. The van der Waals surface area contributed by atoms with E-state index in [2.05, 4.69) is 0 Å². The van der Waals surface area contributed by atoms with E-state index in [1.54, 1.807) is 0 Å². The summed E-state index contributed by atoms with van der Waals surface area (Å²) in [6.07, 6.45) is 0.473. The van der Waals surface area contributed by atoms with Gasteiger partial charge in [0, 0.05) is 13.1 Å². The lowest BCUT2D eigenvalue weighted by Gasteiger charge is -2.11. The summed E-state index contributed by atoms with van der Waals surface area (Å²) in [4.78, 5) is 15.0. The predicted molar refractivity (Wildman–Crippen MR) is 52.7 cm³/mol. The van der Waals surface area contributed by atoms with Gasteiger partial charge < -0.3 is 14.5 Å². The van der Waals surface area contributed by atoms with Crippen LogP contribution in [0.1, 0.15) is 6.42 Å². The first kappa shape index (κ1) is 12.4. The van der Waals surface area contributed by atoms with Gasteiger partial charge in [0.05, 0.1) is 6.42 Å². The standard InChI is InChI=1S/C9H20N2O2/c1-10(2)6-5-9(12)13-8-7-11(3)4/h5-8H2,1-4H3. The zero-order chi connectivity index (χ0) is 10.3. The molecule has 0 unspecified atom stereocenters. The highest BCUT2D eigenvalue weighted by Gasteiger charge is 2.02. The van der Waals surface area contributed by atoms with Gasteiger partial charge in [0.2, 0.25) is 0 Å². The molecule has 0 radical (unpaired) electrons. The Morgan fingerprint density at radius 2 is 1.62 bits per heavy atom. The molecule has 0 saturated heterocycles. The number of nitrogens with zero attached hydrogens (tertiary/aromatic N) is 2. The molecule has 0 saturated carbocycles. The van der Waals surface area contributed by atoms with Gasteiger partial charge >= 0.3 is 5.97 Å². The van der Waals surface area contributed by atoms with E-state index in [1.807, 2.05) is 38.0 Å². The molecule has 0 aromatic carbocycles. The molecule has 0 N–H and O–H groups in total. The summed E-state index contributed by atoms with van der Waals surface area (Å²) in [6, 6.07) is 0. The van der Waals surface area contributed by atoms with Crippen molar-refractivity contribution in [2.75, 3.05) is 47.9 Å². The minimum absolute atomic E-state index is 0.115. The van der Waals surface area contributed by atoms with E-state index in [0.29, 0.717) is 13.0 Å². The topological polar surface area (TPSA) is 32.8 Å². The first-order chi connectivity index (χ1) is 6.02. The molecule has 0 heterocycles. The minimum atomic E-state index is -0.115. The van der Waals surface area contributed by atoms with Crippen molar-refractivity contribution in [3.05, 3.63) is 0 Å². The largest absolute Gasteiger partial charge is 0.464 e. The molecule has 4 nitrogen and oxygen atoms in total. The van der Waals surface area contributed by atoms with Gasteiger partial charge in [-0.05, 0) is 28.2 Å². The molecule has 0 fully saturated rings. The Kier molecular flexibility index (Phi) is 6.54. The van der Waals surface area contributed by atoms with Crippen molar-refractivity contribution in [1.29, 1.82) is 0 Å². The molecular weight excluding hydrogens is 168 g/mol. The van der Waals surface area contributed by atoms with Crippen molar-refractivity contribution in [2.45, 2.75) is 6.42 Å². The molecule has 0 spiro atoms. The molecule has 0 aliphatic heterocycles. The Morgan fingerprint density at radius 1 is 1.08 bits per heavy atom. The Balaban J connectivity index is 3.30. The number of esters is 1. The third-order valence-corrected chi connectivity index (χ3v) is 1.56. The molecule has 13 heavy (non-hydrogen) atoms. The van der Waals surface area contributed by atoms with Gasteiger partial charge in [-0.25, -0.2) is 0 Å². The van der Waals surface area contributed by atoms with Crippen LogP contribution in [0, 0.1) is 0 Å². The highest BCUT2D eigenvalue weighted by molar-refractivity contribution is 5.69. The van der Waals surface area contributed by atoms with Crippen LogP contribution < -0.4 is 0 Å². The van der Waals surface area contributed by atoms with Gasteiger partial charge in [0.25, 0.3) is 0 Å². The second-order valence-electron chi connectivity index (χ2n) is 3.58. The zero-order valence-corrected chi connectivity index (χ0v) is 9.04. The van der Waals surface area contributed by atoms with Crippen LogP contribution in [0.4, 0.5) is 0 Å². The Hall–Kier alpha value is -0.610. The predicted octanol–water partition coefficient (Wildman–Crippen LogP) is 0.0429. The van der Waals surface area contributed by atoms with E-state index in [4.69, 9.17) is 4.74 Å². The van der Waals surface area contributed by atoms with Crippen LogP contribution >= 0.6 is 0 Å². The first-order valence-electron chi connectivity index (χ1n) is 4.47. The second-order valence-corrected chi connectivity index (χ2v) is 3.58. The minimum Gasteiger partial charge on any atom is -0.464 e. The van der Waals surface area contributed by atoms with Crippen LogP contribution in [0.2, 0.25) is 0 Å². The smallest absolute Gasteiger partial charge is 0.307 e. The monoisotopic (exact) mass is 188 g/mol. The molecule has 0 rings (SSSR count). The number of likely N-dealkylation sites (N-methyl/N-ethyl adjacent to an activating group) is 1. The fourth-order valence-corrected chi connectivity index (χ4v) is 0.729. The highest BCUT2D eigenvalue weighted by Crippen LogP contribution is 1.88. The number of carbonyl (C=O) groups excluding carboxylic acids is 1. The van der Waals surface area contributed by atoms with Gasteiger partial charge in [0.15, 0.2) is 0 Å². The third kappa shape index (κ3) is 9.30. The Bertz CT molecular complexity index is 147. The van der Waals surface area contributed by atoms with Crippen molar-refractivity contribution < 1.29 is 9.53 Å². The molecule has 0 aromatic rings. The van der Waals surface area contributed by atoms with Crippen LogP contribution in [0.3, 0.4) is 0 Å².